The lowest BCUT2D eigenvalue weighted by Crippen LogP contribution is -2.41. The zero-order chi connectivity index (χ0) is 21.9. The molecule has 0 fully saturated rings. The molecule has 0 aromatic heterocycles. The van der Waals surface area contributed by atoms with Gasteiger partial charge in [-0.3, -0.25) is 20.4 Å². The molecule has 2 aromatic rings. The van der Waals surface area contributed by atoms with Crippen LogP contribution in [0.2, 0.25) is 0 Å². The van der Waals surface area contributed by atoms with Crippen molar-refractivity contribution < 1.29 is 33.3 Å². The van der Waals surface area contributed by atoms with Crippen LogP contribution in [0.25, 0.3) is 0 Å². The van der Waals surface area contributed by atoms with Gasteiger partial charge in [-0.15, -0.1) is 0 Å². The van der Waals surface area contributed by atoms with Crippen LogP contribution in [0.4, 0.5) is 0 Å². The number of carbonyl (C=O) groups is 2. The highest BCUT2D eigenvalue weighted by Gasteiger charge is 2.17. The first-order valence-electron chi connectivity index (χ1n) is 9.25. The number of hydrazine groups is 1. The largest absolute Gasteiger partial charge is 0.493 e. The molecule has 2 N–H and O–H groups in total. The molecule has 0 spiro atoms. The Morgan fingerprint density at radius 3 is 2.03 bits per heavy atom. The van der Waals surface area contributed by atoms with Gasteiger partial charge < -0.3 is 23.7 Å². The molecule has 0 bridgehead atoms. The zero-order valence-electron chi connectivity index (χ0n) is 17.4. The molecule has 9 heteroatoms. The molecule has 0 saturated carbocycles. The van der Waals surface area contributed by atoms with Crippen molar-refractivity contribution in [2.45, 2.75) is 6.92 Å². The number of hydrogen-bond acceptors (Lipinski definition) is 7. The Hall–Kier alpha value is -3.46. The summed E-state index contributed by atoms with van der Waals surface area (Å²) in [7, 11) is 4.36. The third-order valence-electron chi connectivity index (χ3n) is 4.01. The van der Waals surface area contributed by atoms with Crippen LogP contribution in [0.1, 0.15) is 27.6 Å². The van der Waals surface area contributed by atoms with Gasteiger partial charge in [0.25, 0.3) is 11.8 Å². The first kappa shape index (κ1) is 22.8. The maximum atomic E-state index is 12.5. The number of benzene rings is 2. The molecule has 0 aliphatic heterocycles. The fourth-order valence-corrected chi connectivity index (χ4v) is 2.56. The normalized spacial score (nSPS) is 10.1. The van der Waals surface area contributed by atoms with Gasteiger partial charge in [0, 0.05) is 17.7 Å². The molecule has 0 aliphatic rings. The van der Waals surface area contributed by atoms with Gasteiger partial charge in [0.15, 0.2) is 11.5 Å². The van der Waals surface area contributed by atoms with Gasteiger partial charge in [-0.1, -0.05) is 6.07 Å². The topological polar surface area (TPSA) is 104 Å². The molecule has 0 heterocycles. The Morgan fingerprint density at radius 2 is 1.47 bits per heavy atom. The summed E-state index contributed by atoms with van der Waals surface area (Å²) in [6, 6.07) is 9.57. The van der Waals surface area contributed by atoms with Crippen LogP contribution in [-0.2, 0) is 4.74 Å². The summed E-state index contributed by atoms with van der Waals surface area (Å²) in [5.41, 5.74) is 5.29. The summed E-state index contributed by atoms with van der Waals surface area (Å²) in [5.74, 6) is 0.494. The van der Waals surface area contributed by atoms with Crippen molar-refractivity contribution in [2.24, 2.45) is 0 Å². The van der Waals surface area contributed by atoms with Gasteiger partial charge in [-0.05, 0) is 37.3 Å². The smallest absolute Gasteiger partial charge is 0.269 e. The Balaban J connectivity index is 2.02. The van der Waals surface area contributed by atoms with Crippen molar-refractivity contribution in [3.8, 4) is 23.0 Å². The van der Waals surface area contributed by atoms with Gasteiger partial charge in [0.2, 0.25) is 5.75 Å². The second kappa shape index (κ2) is 11.5. The van der Waals surface area contributed by atoms with E-state index < -0.39 is 11.8 Å². The van der Waals surface area contributed by atoms with Crippen LogP contribution in [0.15, 0.2) is 36.4 Å². The number of rotatable bonds is 10. The van der Waals surface area contributed by atoms with E-state index in [4.69, 9.17) is 23.7 Å². The number of nitrogens with one attached hydrogen (secondary N) is 2. The molecular weight excluding hydrogens is 392 g/mol. The summed E-state index contributed by atoms with van der Waals surface area (Å²) in [5, 5.41) is 0. The molecule has 0 atom stereocenters. The van der Waals surface area contributed by atoms with Crippen LogP contribution in [0.5, 0.6) is 23.0 Å². The fourth-order valence-electron chi connectivity index (χ4n) is 2.56. The quantitative estimate of drug-likeness (QED) is 0.450. The molecule has 0 unspecified atom stereocenters. The van der Waals surface area contributed by atoms with E-state index in [1.807, 2.05) is 6.92 Å². The second-order valence-corrected chi connectivity index (χ2v) is 5.90. The van der Waals surface area contributed by atoms with E-state index >= 15 is 0 Å². The molecule has 2 aromatic carbocycles. The maximum absolute atomic E-state index is 12.5. The van der Waals surface area contributed by atoms with Crippen molar-refractivity contribution in [3.63, 3.8) is 0 Å². The Labute approximate surface area is 175 Å². The van der Waals surface area contributed by atoms with E-state index in [2.05, 4.69) is 10.9 Å². The van der Waals surface area contributed by atoms with Gasteiger partial charge in [-0.25, -0.2) is 0 Å². The van der Waals surface area contributed by atoms with Gasteiger partial charge >= 0.3 is 0 Å². The summed E-state index contributed by atoms with van der Waals surface area (Å²) < 4.78 is 26.4. The molecule has 2 amide bonds. The van der Waals surface area contributed by atoms with Crippen molar-refractivity contribution in [1.82, 2.24) is 10.9 Å². The second-order valence-electron chi connectivity index (χ2n) is 5.90. The minimum atomic E-state index is -0.549. The molecule has 0 saturated heterocycles. The van der Waals surface area contributed by atoms with Crippen LogP contribution in [0, 0.1) is 0 Å². The monoisotopic (exact) mass is 418 g/mol. The number of amides is 2. The Morgan fingerprint density at radius 1 is 0.833 bits per heavy atom. The summed E-state index contributed by atoms with van der Waals surface area (Å²) in [4.78, 5) is 24.8. The van der Waals surface area contributed by atoms with Crippen LogP contribution in [-0.4, -0.2) is 53.0 Å². The molecule has 162 valence electrons. The van der Waals surface area contributed by atoms with E-state index in [-0.39, 0.29) is 5.56 Å². The number of ether oxygens (including phenoxy) is 5. The summed E-state index contributed by atoms with van der Waals surface area (Å²) in [6.07, 6.45) is 0. The molecule has 0 aliphatic carbocycles. The lowest BCUT2D eigenvalue weighted by Gasteiger charge is -2.14. The van der Waals surface area contributed by atoms with Crippen LogP contribution in [0.3, 0.4) is 0 Å². The average Bonchev–Trinajstić information content (AvgIpc) is 2.79. The minimum Gasteiger partial charge on any atom is -0.493 e. The standard InChI is InChI=1S/C21H26N2O7/c1-5-29-9-10-30-16-8-6-7-14(11-16)20(24)22-23-21(25)15-12-17(26-2)19(28-4)18(13-15)27-3/h6-8,11-13H,5,9-10H2,1-4H3,(H,22,24)(H,23,25). The maximum Gasteiger partial charge on any atom is 0.269 e. The lowest BCUT2D eigenvalue weighted by atomic mass is 10.1. The molecular formula is C21H26N2O7. The van der Waals surface area contributed by atoms with Crippen molar-refractivity contribution in [1.29, 1.82) is 0 Å². The van der Waals surface area contributed by atoms with Gasteiger partial charge in [0.1, 0.15) is 12.4 Å². The third kappa shape index (κ3) is 6.02. The first-order chi connectivity index (χ1) is 14.5. The molecule has 30 heavy (non-hydrogen) atoms. The fraction of sp³-hybridized carbons (Fsp3) is 0.333. The Bertz CT molecular complexity index is 845. The highest BCUT2D eigenvalue weighted by atomic mass is 16.5. The predicted molar refractivity (Wildman–Crippen MR) is 109 cm³/mol. The third-order valence-corrected chi connectivity index (χ3v) is 4.01. The number of hydrogen-bond donors (Lipinski definition) is 2. The van der Waals surface area contributed by atoms with Gasteiger partial charge in [0.05, 0.1) is 27.9 Å². The molecule has 0 radical (unpaired) electrons. The van der Waals surface area contributed by atoms with E-state index in [1.54, 1.807) is 24.3 Å². The van der Waals surface area contributed by atoms with E-state index in [1.165, 1.54) is 33.5 Å². The average molecular weight is 418 g/mol. The highest BCUT2D eigenvalue weighted by Crippen LogP contribution is 2.38. The Kier molecular flexibility index (Phi) is 8.76. The van der Waals surface area contributed by atoms with E-state index in [9.17, 15) is 9.59 Å². The van der Waals surface area contributed by atoms with E-state index in [0.717, 1.165) is 0 Å². The zero-order valence-corrected chi connectivity index (χ0v) is 17.4. The highest BCUT2D eigenvalue weighted by molar-refractivity contribution is 5.99. The number of methoxy groups -OCH3 is 3. The molecule has 2 rings (SSSR count). The minimum absolute atomic E-state index is 0.220. The first-order valence-corrected chi connectivity index (χ1v) is 9.25. The van der Waals surface area contributed by atoms with Crippen molar-refractivity contribution in [3.05, 3.63) is 47.5 Å². The SMILES string of the molecule is CCOCCOc1cccc(C(=O)NNC(=O)c2cc(OC)c(OC)c(OC)c2)c1. The lowest BCUT2D eigenvalue weighted by molar-refractivity contribution is 0.0846. The van der Waals surface area contributed by atoms with Gasteiger partial charge in [-0.2, -0.15) is 0 Å². The number of carbonyl (C=O) groups excluding carboxylic acids is 2. The van der Waals surface area contributed by atoms with Crippen molar-refractivity contribution in [2.75, 3.05) is 41.2 Å². The summed E-state index contributed by atoms with van der Waals surface area (Å²) >= 11 is 0. The van der Waals surface area contributed by atoms with Crippen LogP contribution >= 0.6 is 0 Å². The summed E-state index contributed by atoms with van der Waals surface area (Å²) in [6.45, 7) is 3.34. The van der Waals surface area contributed by atoms with Crippen molar-refractivity contribution >= 4 is 11.8 Å². The van der Waals surface area contributed by atoms with E-state index in [0.29, 0.717) is 48.4 Å². The predicted octanol–water partition coefficient (Wildman–Crippen LogP) is 2.20. The molecule has 9 nitrogen and oxygen atoms in total. The van der Waals surface area contributed by atoms with Crippen LogP contribution < -0.4 is 29.8 Å².